The van der Waals surface area contributed by atoms with Crippen LogP contribution in [0.4, 0.5) is 0 Å². The minimum absolute atomic E-state index is 0. The number of hydrogen-bond acceptors (Lipinski definition) is 4. The van der Waals surface area contributed by atoms with Crippen LogP contribution in [0.15, 0.2) is 0 Å². The fraction of sp³-hybridized carbons (Fsp3) is 0.875. The molecule has 0 aliphatic carbocycles. The Balaban J connectivity index is -0.000000177. The number of phosphoric acid groups is 1. The molecule has 0 bridgehead atoms. The molecule has 0 heterocycles. The minimum Gasteiger partial charge on any atom is -0.635 e. The van der Waals surface area contributed by atoms with Crippen molar-refractivity contribution in [1.82, 2.24) is 0 Å². The van der Waals surface area contributed by atoms with Crippen molar-refractivity contribution in [2.75, 3.05) is 0 Å². The molecule has 0 aliphatic rings. The van der Waals surface area contributed by atoms with Gasteiger partial charge in [0.2, 0.25) is 0 Å². The van der Waals surface area contributed by atoms with Gasteiger partial charge in [0.05, 0.1) is 0 Å². The molecule has 0 amide bonds. The van der Waals surface area contributed by atoms with Gasteiger partial charge in [-0.15, -0.1) is 0 Å². The second-order valence-corrected chi connectivity index (χ2v) is 3.89. The summed E-state index contributed by atoms with van der Waals surface area (Å²) in [6.45, 7) is 8.42. The van der Waals surface area contributed by atoms with E-state index in [1.54, 1.807) is 0 Å². The molecular weight excluding hydrogens is 256 g/mol. The molecule has 0 spiro atoms. The molecule has 0 aromatic carbocycles. The Morgan fingerprint density at radius 3 is 1.86 bits per heavy atom. The Bertz CT molecular complexity index is 102. The van der Waals surface area contributed by atoms with E-state index in [0.29, 0.717) is 5.92 Å². The van der Waals surface area contributed by atoms with E-state index in [2.05, 4.69) is 20.8 Å². The van der Waals surface area contributed by atoms with Crippen molar-refractivity contribution < 1.29 is 39.1 Å². The second-order valence-electron chi connectivity index (χ2n) is 2.91. The normalized spacial score (nSPS) is 12.2. The van der Waals surface area contributed by atoms with Crippen molar-refractivity contribution >= 4 is 8.17 Å². The van der Waals surface area contributed by atoms with Crippen LogP contribution in [0.3, 0.4) is 0 Å². The van der Waals surface area contributed by atoms with Crippen molar-refractivity contribution in [2.45, 2.75) is 39.5 Å². The molecule has 1 radical (unpaired) electrons. The second kappa shape index (κ2) is 12.0. The van der Waals surface area contributed by atoms with Crippen LogP contribution in [0.1, 0.15) is 39.5 Å². The third kappa shape index (κ3) is 38.4. The molecule has 0 fully saturated rings. The summed E-state index contributed by atoms with van der Waals surface area (Å²) in [5.41, 5.74) is 0. The first-order chi connectivity index (χ1) is 5.81. The maximum atomic E-state index is 8.77. The topological polar surface area (TPSA) is 86.6 Å². The Labute approximate surface area is 99.8 Å². The average molecular weight is 276 g/mol. The van der Waals surface area contributed by atoms with Gasteiger partial charge < -0.3 is 9.79 Å². The molecule has 0 saturated carbocycles. The molecule has 0 saturated heterocycles. The predicted octanol–water partition coefficient (Wildman–Crippen LogP) is 0.404. The zero-order valence-electron chi connectivity index (χ0n) is 8.98. The molecule has 4 nitrogen and oxygen atoms in total. The molecular formula is C8H19O4PZn-. The van der Waals surface area contributed by atoms with E-state index >= 15 is 0 Å². The fourth-order valence-electron chi connectivity index (χ4n) is 0.697. The number of hydrogen-bond donors (Lipinski definition) is 2. The molecule has 1 atom stereocenters. The first-order valence-electron chi connectivity index (χ1n) is 4.40. The van der Waals surface area contributed by atoms with Crippen LogP contribution in [0.5, 0.6) is 0 Å². The van der Waals surface area contributed by atoms with Crippen LogP contribution in [0.25, 0.3) is 0 Å². The zero-order valence-corrected chi connectivity index (χ0v) is 12.8. The molecule has 0 rings (SSSR count). The third-order valence-corrected chi connectivity index (χ3v) is 1.54. The largest absolute Gasteiger partial charge is 0.635 e. The maximum absolute atomic E-state index is 8.77. The van der Waals surface area contributed by atoms with Crippen molar-refractivity contribution in [3.8, 4) is 0 Å². The quantitative estimate of drug-likeness (QED) is 0.574. The summed E-state index contributed by atoms with van der Waals surface area (Å²) < 4.78 is 0. The first-order valence-corrected chi connectivity index (χ1v) is 5.93. The Morgan fingerprint density at radius 1 is 1.29 bits per heavy atom. The van der Waals surface area contributed by atoms with Crippen molar-refractivity contribution in [1.29, 1.82) is 0 Å². The number of unbranched alkanes of at least 4 members (excludes halogenated alkanes) is 1. The van der Waals surface area contributed by atoms with Crippen LogP contribution in [0, 0.1) is 12.8 Å². The summed E-state index contributed by atoms with van der Waals surface area (Å²) in [5, 5.41) is 0. The summed E-state index contributed by atoms with van der Waals surface area (Å²) in [4.78, 5) is 31.7. The molecule has 0 aromatic heterocycles. The van der Waals surface area contributed by atoms with Crippen LogP contribution in [0.2, 0.25) is 0 Å². The van der Waals surface area contributed by atoms with Crippen molar-refractivity contribution in [2.24, 2.45) is 5.92 Å². The van der Waals surface area contributed by atoms with Gasteiger partial charge in [0, 0.05) is 19.5 Å². The Morgan fingerprint density at radius 2 is 1.64 bits per heavy atom. The average Bonchev–Trinajstić information content (AvgIpc) is 1.97. The van der Waals surface area contributed by atoms with E-state index in [-0.39, 0.29) is 19.5 Å². The van der Waals surface area contributed by atoms with Gasteiger partial charge in [-0.1, -0.05) is 46.5 Å². The maximum Gasteiger partial charge on any atom is 0.189 e. The molecule has 1 unspecified atom stereocenters. The fourth-order valence-corrected chi connectivity index (χ4v) is 0.697. The smallest absolute Gasteiger partial charge is 0.189 e. The van der Waals surface area contributed by atoms with Gasteiger partial charge >= 0.3 is 0 Å². The van der Waals surface area contributed by atoms with E-state index in [0.717, 1.165) is 0 Å². The van der Waals surface area contributed by atoms with E-state index in [1.807, 2.05) is 0 Å². The summed E-state index contributed by atoms with van der Waals surface area (Å²) in [6, 6.07) is 0. The SMILES string of the molecule is [CH2]C(CC)CCCC.[O-][P+]([O-])(O)O.[Zn]. The summed E-state index contributed by atoms with van der Waals surface area (Å²) in [5.74, 6) is 0.704. The zero-order chi connectivity index (χ0) is 10.9. The monoisotopic (exact) mass is 274 g/mol. The summed E-state index contributed by atoms with van der Waals surface area (Å²) >= 11 is 0. The van der Waals surface area contributed by atoms with Crippen LogP contribution >= 0.6 is 8.17 Å². The van der Waals surface area contributed by atoms with Crippen molar-refractivity contribution in [3.63, 3.8) is 0 Å². The minimum atomic E-state index is -4.89. The van der Waals surface area contributed by atoms with E-state index in [9.17, 15) is 0 Å². The summed E-state index contributed by atoms with van der Waals surface area (Å²) in [6.07, 6.45) is 5.21. The van der Waals surface area contributed by atoms with E-state index in [1.165, 1.54) is 25.7 Å². The molecule has 2 N–H and O–H groups in total. The molecule has 6 heteroatoms. The standard InChI is InChI=1S/C8H17.H3O4P.Zn/c1-4-6-7-8(3)5-2;1-5(2,3)4;/h8H,3-7H2,1-2H3;(H3,1,2,3,4);/p-1. The first kappa shape index (κ1) is 20.3. The van der Waals surface area contributed by atoms with E-state index < -0.39 is 8.17 Å². The molecule has 83 valence electrons. The van der Waals surface area contributed by atoms with Crippen molar-refractivity contribution in [3.05, 3.63) is 6.92 Å². The Hall–Kier alpha value is 0.893. The van der Waals surface area contributed by atoms with Gasteiger partial charge in [-0.3, -0.25) is 0 Å². The van der Waals surface area contributed by atoms with Gasteiger partial charge in [-0.05, 0) is 5.92 Å². The van der Waals surface area contributed by atoms with Gasteiger partial charge in [0.25, 0.3) is 0 Å². The number of rotatable bonds is 4. The van der Waals surface area contributed by atoms with Crippen LogP contribution < -0.4 is 9.79 Å². The molecule has 0 aliphatic heterocycles. The van der Waals surface area contributed by atoms with E-state index in [4.69, 9.17) is 19.6 Å². The predicted molar refractivity (Wildman–Crippen MR) is 50.0 cm³/mol. The van der Waals surface area contributed by atoms with Gasteiger partial charge in [-0.25, -0.2) is 9.79 Å². The van der Waals surface area contributed by atoms with Gasteiger partial charge in [0.15, 0.2) is 8.17 Å². The van der Waals surface area contributed by atoms with Crippen LogP contribution in [-0.4, -0.2) is 9.79 Å². The third-order valence-electron chi connectivity index (χ3n) is 1.54. The Kier molecular flexibility index (Phi) is 17.4. The van der Waals surface area contributed by atoms with Gasteiger partial charge in [-0.2, -0.15) is 0 Å². The molecule has 14 heavy (non-hydrogen) atoms. The molecule has 0 aromatic rings. The van der Waals surface area contributed by atoms with Crippen LogP contribution in [-0.2, 0) is 19.5 Å². The van der Waals surface area contributed by atoms with Gasteiger partial charge in [0.1, 0.15) is 0 Å². The summed E-state index contributed by atoms with van der Waals surface area (Å²) in [7, 11) is -4.89.